The Labute approximate surface area is 91.6 Å². The third-order valence-electron chi connectivity index (χ3n) is 1.83. The van der Waals surface area contributed by atoms with Gasteiger partial charge in [0.25, 0.3) is 0 Å². The molecule has 0 bridgehead atoms. The highest BCUT2D eigenvalue weighted by molar-refractivity contribution is 7.09. The van der Waals surface area contributed by atoms with E-state index in [4.69, 9.17) is 10.00 Å². The molecule has 0 aliphatic carbocycles. The molecule has 4 heteroatoms. The van der Waals surface area contributed by atoms with Gasteiger partial charge in [0.05, 0.1) is 22.0 Å². The van der Waals surface area contributed by atoms with E-state index in [1.807, 2.05) is 6.07 Å². The van der Waals surface area contributed by atoms with Gasteiger partial charge in [0.2, 0.25) is 0 Å². The number of hydrogen-bond donors (Lipinski definition) is 0. The smallest absolute Gasteiger partial charge is 0.124 e. The van der Waals surface area contributed by atoms with E-state index >= 15 is 0 Å². The number of thiazole rings is 1. The SMILES string of the molecule is N#Cc1cccc(OCc2cncs2)c1. The Kier molecular flexibility index (Phi) is 2.96. The van der Waals surface area contributed by atoms with Crippen molar-refractivity contribution in [2.45, 2.75) is 6.61 Å². The number of nitriles is 1. The highest BCUT2D eigenvalue weighted by Crippen LogP contribution is 2.15. The van der Waals surface area contributed by atoms with Crippen molar-refractivity contribution in [3.8, 4) is 11.8 Å². The third kappa shape index (κ3) is 2.55. The molecule has 1 aromatic carbocycles. The predicted molar refractivity (Wildman–Crippen MR) is 57.6 cm³/mol. The standard InChI is InChI=1S/C11H8N2OS/c12-5-9-2-1-3-10(4-9)14-7-11-6-13-8-15-11/h1-4,6,8H,7H2. The number of nitrogens with zero attached hydrogens (tertiary/aromatic N) is 2. The molecule has 0 aliphatic rings. The average molecular weight is 216 g/mol. The van der Waals surface area contributed by atoms with Gasteiger partial charge in [-0.3, -0.25) is 4.98 Å². The van der Waals surface area contributed by atoms with Gasteiger partial charge in [-0.2, -0.15) is 5.26 Å². The molecule has 0 unspecified atom stereocenters. The van der Waals surface area contributed by atoms with Crippen molar-refractivity contribution >= 4 is 11.3 Å². The zero-order chi connectivity index (χ0) is 10.5. The van der Waals surface area contributed by atoms with E-state index in [9.17, 15) is 0 Å². The van der Waals surface area contributed by atoms with Crippen LogP contribution in [0.4, 0.5) is 0 Å². The number of ether oxygens (including phenoxy) is 1. The van der Waals surface area contributed by atoms with Crippen LogP contribution in [0.2, 0.25) is 0 Å². The Balaban J connectivity index is 2.02. The highest BCUT2D eigenvalue weighted by Gasteiger charge is 1.98. The number of hydrogen-bond acceptors (Lipinski definition) is 4. The fourth-order valence-electron chi connectivity index (χ4n) is 1.12. The van der Waals surface area contributed by atoms with Crippen molar-refractivity contribution in [1.29, 1.82) is 5.26 Å². The minimum atomic E-state index is 0.500. The Hall–Kier alpha value is -1.86. The first-order chi connectivity index (χ1) is 7.38. The first-order valence-electron chi connectivity index (χ1n) is 4.39. The molecule has 0 fully saturated rings. The van der Waals surface area contributed by atoms with Crippen molar-refractivity contribution in [3.63, 3.8) is 0 Å². The summed E-state index contributed by atoms with van der Waals surface area (Å²) < 4.78 is 5.51. The molecular weight excluding hydrogens is 208 g/mol. The molecular formula is C11H8N2OS. The van der Waals surface area contributed by atoms with Crippen molar-refractivity contribution in [3.05, 3.63) is 46.4 Å². The van der Waals surface area contributed by atoms with Gasteiger partial charge in [0.1, 0.15) is 12.4 Å². The quantitative estimate of drug-likeness (QED) is 0.792. The summed E-state index contributed by atoms with van der Waals surface area (Å²) in [5.74, 6) is 0.711. The molecule has 0 atom stereocenters. The fourth-order valence-corrected chi connectivity index (χ4v) is 1.63. The van der Waals surface area contributed by atoms with E-state index in [1.54, 1.807) is 41.2 Å². The molecule has 15 heavy (non-hydrogen) atoms. The summed E-state index contributed by atoms with van der Waals surface area (Å²) in [4.78, 5) is 5.02. The van der Waals surface area contributed by atoms with E-state index < -0.39 is 0 Å². The molecule has 0 aliphatic heterocycles. The van der Waals surface area contributed by atoms with Gasteiger partial charge in [-0.25, -0.2) is 0 Å². The van der Waals surface area contributed by atoms with Gasteiger partial charge >= 0.3 is 0 Å². The summed E-state index contributed by atoms with van der Waals surface area (Å²) in [6.45, 7) is 0.500. The lowest BCUT2D eigenvalue weighted by molar-refractivity contribution is 0.309. The monoisotopic (exact) mass is 216 g/mol. The molecule has 0 N–H and O–H groups in total. The second-order valence-electron chi connectivity index (χ2n) is 2.90. The summed E-state index contributed by atoms with van der Waals surface area (Å²) in [5.41, 5.74) is 2.38. The maximum atomic E-state index is 8.70. The Morgan fingerprint density at radius 2 is 2.40 bits per heavy atom. The van der Waals surface area contributed by atoms with Crippen LogP contribution in [0.3, 0.4) is 0 Å². The molecule has 0 saturated heterocycles. The summed E-state index contributed by atoms with van der Waals surface area (Å²) >= 11 is 1.55. The number of aromatic nitrogens is 1. The van der Waals surface area contributed by atoms with Crippen molar-refractivity contribution in [2.75, 3.05) is 0 Å². The predicted octanol–water partition coefficient (Wildman–Crippen LogP) is 2.59. The van der Waals surface area contributed by atoms with Crippen LogP contribution in [-0.4, -0.2) is 4.98 Å². The van der Waals surface area contributed by atoms with Crippen LogP contribution in [0, 0.1) is 11.3 Å². The van der Waals surface area contributed by atoms with E-state index in [0.717, 1.165) is 4.88 Å². The van der Waals surface area contributed by atoms with Gasteiger partial charge in [0, 0.05) is 6.20 Å². The van der Waals surface area contributed by atoms with Gasteiger partial charge < -0.3 is 4.74 Å². The van der Waals surface area contributed by atoms with Crippen molar-refractivity contribution in [1.82, 2.24) is 4.98 Å². The largest absolute Gasteiger partial charge is 0.488 e. The maximum absolute atomic E-state index is 8.70. The molecule has 0 amide bonds. The van der Waals surface area contributed by atoms with Crippen LogP contribution in [0.15, 0.2) is 36.0 Å². The summed E-state index contributed by atoms with van der Waals surface area (Å²) in [7, 11) is 0. The van der Waals surface area contributed by atoms with Crippen LogP contribution >= 0.6 is 11.3 Å². The third-order valence-corrected chi connectivity index (χ3v) is 2.58. The van der Waals surface area contributed by atoms with Crippen LogP contribution in [0.5, 0.6) is 5.75 Å². The molecule has 3 nitrogen and oxygen atoms in total. The van der Waals surface area contributed by atoms with Crippen molar-refractivity contribution in [2.24, 2.45) is 0 Å². The van der Waals surface area contributed by atoms with E-state index in [-0.39, 0.29) is 0 Å². The number of benzene rings is 1. The van der Waals surface area contributed by atoms with Crippen LogP contribution in [-0.2, 0) is 6.61 Å². The Morgan fingerprint density at radius 1 is 1.47 bits per heavy atom. The minimum absolute atomic E-state index is 0.500. The van der Waals surface area contributed by atoms with E-state index in [1.165, 1.54) is 0 Å². The lowest BCUT2D eigenvalue weighted by atomic mass is 10.2. The molecule has 2 rings (SSSR count). The molecule has 0 spiro atoms. The molecule has 0 saturated carbocycles. The molecule has 0 radical (unpaired) electrons. The topological polar surface area (TPSA) is 45.9 Å². The molecule has 1 aromatic heterocycles. The van der Waals surface area contributed by atoms with Gasteiger partial charge in [-0.1, -0.05) is 6.07 Å². The summed E-state index contributed by atoms with van der Waals surface area (Å²) in [6.07, 6.45) is 1.78. The Morgan fingerprint density at radius 3 is 3.13 bits per heavy atom. The van der Waals surface area contributed by atoms with Crippen LogP contribution in [0.25, 0.3) is 0 Å². The van der Waals surface area contributed by atoms with E-state index in [2.05, 4.69) is 11.1 Å². The lowest BCUT2D eigenvalue weighted by Gasteiger charge is -2.03. The van der Waals surface area contributed by atoms with Gasteiger partial charge in [-0.15, -0.1) is 11.3 Å². The molecule has 74 valence electrons. The summed E-state index contributed by atoms with van der Waals surface area (Å²) in [6, 6.07) is 9.18. The molecule has 1 heterocycles. The van der Waals surface area contributed by atoms with Gasteiger partial charge in [-0.05, 0) is 18.2 Å². The normalized spacial score (nSPS) is 9.53. The molecule has 2 aromatic rings. The highest BCUT2D eigenvalue weighted by atomic mass is 32.1. The van der Waals surface area contributed by atoms with Crippen LogP contribution < -0.4 is 4.74 Å². The minimum Gasteiger partial charge on any atom is -0.488 e. The average Bonchev–Trinajstić information content (AvgIpc) is 2.79. The zero-order valence-electron chi connectivity index (χ0n) is 7.88. The van der Waals surface area contributed by atoms with Gasteiger partial charge in [0.15, 0.2) is 0 Å². The maximum Gasteiger partial charge on any atom is 0.124 e. The van der Waals surface area contributed by atoms with E-state index in [0.29, 0.717) is 17.9 Å². The Bertz CT molecular complexity index is 474. The van der Waals surface area contributed by atoms with Crippen LogP contribution in [0.1, 0.15) is 10.4 Å². The first-order valence-corrected chi connectivity index (χ1v) is 5.27. The fraction of sp³-hybridized carbons (Fsp3) is 0.0909. The number of rotatable bonds is 3. The summed E-state index contributed by atoms with van der Waals surface area (Å²) in [5, 5.41) is 8.70. The van der Waals surface area contributed by atoms with Crippen molar-refractivity contribution < 1.29 is 4.74 Å². The second-order valence-corrected chi connectivity index (χ2v) is 3.87. The zero-order valence-corrected chi connectivity index (χ0v) is 8.70. The first kappa shape index (κ1) is 9.69. The lowest BCUT2D eigenvalue weighted by Crippen LogP contribution is -1.92. The second kappa shape index (κ2) is 4.58.